The second-order valence-electron chi connectivity index (χ2n) is 7.87. The van der Waals surface area contributed by atoms with Gasteiger partial charge in [-0.25, -0.2) is 4.98 Å². The van der Waals surface area contributed by atoms with Crippen molar-refractivity contribution in [3.63, 3.8) is 0 Å². The quantitative estimate of drug-likeness (QED) is 0.286. The predicted molar refractivity (Wildman–Crippen MR) is 134 cm³/mol. The van der Waals surface area contributed by atoms with Crippen LogP contribution in [-0.4, -0.2) is 42.6 Å². The number of hydrogen-bond donors (Lipinski definition) is 1. The average Bonchev–Trinajstić information content (AvgIpc) is 3.33. The first-order valence-electron chi connectivity index (χ1n) is 11.0. The first kappa shape index (κ1) is 24.3. The number of amides is 1. The summed E-state index contributed by atoms with van der Waals surface area (Å²) in [6.45, 7) is 6.11. The summed E-state index contributed by atoms with van der Waals surface area (Å²) in [6, 6.07) is 10.8. The van der Waals surface area contributed by atoms with Crippen LogP contribution in [0.5, 0.6) is 17.2 Å². The van der Waals surface area contributed by atoms with Crippen LogP contribution in [0.2, 0.25) is 0 Å². The van der Waals surface area contributed by atoms with E-state index in [4.69, 9.17) is 14.2 Å². The summed E-state index contributed by atoms with van der Waals surface area (Å²) in [5.74, 6) is -0.305. The lowest BCUT2D eigenvalue weighted by atomic mass is 9.94. The summed E-state index contributed by atoms with van der Waals surface area (Å²) in [5.41, 5.74) is 1.57. The number of aliphatic hydroxyl groups is 1. The number of Topliss-reactive ketones (excluding diaryl/α,β-unsaturated/α-hetero) is 1. The van der Waals surface area contributed by atoms with Crippen LogP contribution >= 0.6 is 11.3 Å². The summed E-state index contributed by atoms with van der Waals surface area (Å²) in [5, 5.41) is 11.7. The van der Waals surface area contributed by atoms with Gasteiger partial charge in [0.1, 0.15) is 29.0 Å². The van der Waals surface area contributed by atoms with Gasteiger partial charge in [0, 0.05) is 16.0 Å². The van der Waals surface area contributed by atoms with Gasteiger partial charge in [0.25, 0.3) is 5.78 Å². The molecule has 0 spiro atoms. The van der Waals surface area contributed by atoms with Crippen molar-refractivity contribution in [2.24, 2.45) is 0 Å². The molecule has 182 valence electrons. The monoisotopic (exact) mass is 494 g/mol. The fourth-order valence-electron chi connectivity index (χ4n) is 3.97. The van der Waals surface area contributed by atoms with Gasteiger partial charge in [-0.15, -0.1) is 11.3 Å². The van der Waals surface area contributed by atoms with Gasteiger partial charge < -0.3 is 19.3 Å². The Morgan fingerprint density at radius 2 is 1.74 bits per heavy atom. The van der Waals surface area contributed by atoms with E-state index in [2.05, 4.69) is 4.98 Å². The molecule has 3 aromatic rings. The molecule has 0 saturated carbocycles. The molecule has 1 unspecified atom stereocenters. The Bertz CT molecular complexity index is 1290. The molecule has 1 fully saturated rings. The summed E-state index contributed by atoms with van der Waals surface area (Å²) < 4.78 is 16.4. The molecule has 0 bridgehead atoms. The Morgan fingerprint density at radius 3 is 2.31 bits per heavy atom. The molecule has 0 aliphatic carbocycles. The molecule has 1 saturated heterocycles. The summed E-state index contributed by atoms with van der Waals surface area (Å²) in [7, 11) is 3.03. The lowest BCUT2D eigenvalue weighted by Gasteiger charge is -2.25. The van der Waals surface area contributed by atoms with Crippen molar-refractivity contribution in [1.82, 2.24) is 4.98 Å². The van der Waals surface area contributed by atoms with Gasteiger partial charge in [0.15, 0.2) is 5.13 Å². The molecular formula is C26H26N2O6S. The van der Waals surface area contributed by atoms with E-state index in [0.29, 0.717) is 40.1 Å². The first-order chi connectivity index (χ1) is 16.8. The molecule has 1 aliphatic heterocycles. The van der Waals surface area contributed by atoms with Crippen LogP contribution in [0, 0.1) is 13.8 Å². The molecule has 2 aromatic carbocycles. The number of rotatable bonds is 7. The van der Waals surface area contributed by atoms with E-state index in [1.807, 2.05) is 20.8 Å². The van der Waals surface area contributed by atoms with E-state index in [9.17, 15) is 14.7 Å². The maximum absolute atomic E-state index is 13.4. The lowest BCUT2D eigenvalue weighted by molar-refractivity contribution is -0.132. The molecule has 1 atom stereocenters. The topological polar surface area (TPSA) is 98.2 Å². The number of aryl methyl sites for hydroxylation is 2. The van der Waals surface area contributed by atoms with Crippen LogP contribution in [0.4, 0.5) is 5.13 Å². The minimum absolute atomic E-state index is 0.0591. The molecule has 1 aliphatic rings. The van der Waals surface area contributed by atoms with Gasteiger partial charge in [0.2, 0.25) is 0 Å². The van der Waals surface area contributed by atoms with Crippen molar-refractivity contribution in [1.29, 1.82) is 0 Å². The Balaban J connectivity index is 1.96. The number of carbonyl (C=O) groups is 2. The Hall–Kier alpha value is -3.85. The van der Waals surface area contributed by atoms with Crippen LogP contribution in [-0.2, 0) is 9.59 Å². The number of nitrogens with zero attached hydrogens (tertiary/aromatic N) is 2. The minimum atomic E-state index is -0.975. The highest BCUT2D eigenvalue weighted by atomic mass is 32.1. The third-order valence-electron chi connectivity index (χ3n) is 5.84. The lowest BCUT2D eigenvalue weighted by Crippen LogP contribution is -2.29. The molecule has 0 radical (unpaired) electrons. The highest BCUT2D eigenvalue weighted by Crippen LogP contribution is 2.47. The van der Waals surface area contributed by atoms with Crippen LogP contribution in [0.25, 0.3) is 5.76 Å². The number of anilines is 1. The number of aromatic nitrogens is 1. The largest absolute Gasteiger partial charge is 0.507 e. The molecule has 1 N–H and O–H groups in total. The van der Waals surface area contributed by atoms with Gasteiger partial charge in [0.05, 0.1) is 32.1 Å². The zero-order valence-corrected chi connectivity index (χ0v) is 20.9. The van der Waals surface area contributed by atoms with Crippen LogP contribution < -0.4 is 19.1 Å². The number of ether oxygens (including phenoxy) is 3. The third kappa shape index (κ3) is 4.35. The number of benzene rings is 2. The fraction of sp³-hybridized carbons (Fsp3) is 0.269. The molecule has 1 amide bonds. The van der Waals surface area contributed by atoms with Crippen molar-refractivity contribution in [3.8, 4) is 17.2 Å². The highest BCUT2D eigenvalue weighted by molar-refractivity contribution is 7.16. The average molecular weight is 495 g/mol. The van der Waals surface area contributed by atoms with Crippen molar-refractivity contribution in [2.45, 2.75) is 26.8 Å². The van der Waals surface area contributed by atoms with Gasteiger partial charge in [-0.1, -0.05) is 0 Å². The van der Waals surface area contributed by atoms with E-state index >= 15 is 0 Å². The van der Waals surface area contributed by atoms with Crippen LogP contribution in [0.15, 0.2) is 48.0 Å². The van der Waals surface area contributed by atoms with Crippen molar-refractivity contribution in [2.75, 3.05) is 25.7 Å². The molecule has 2 heterocycles. The summed E-state index contributed by atoms with van der Waals surface area (Å²) in [6.07, 6.45) is 0. The van der Waals surface area contributed by atoms with Crippen molar-refractivity contribution in [3.05, 3.63) is 69.7 Å². The second-order valence-corrected chi connectivity index (χ2v) is 9.05. The van der Waals surface area contributed by atoms with Gasteiger partial charge >= 0.3 is 5.91 Å². The maximum atomic E-state index is 13.4. The zero-order valence-electron chi connectivity index (χ0n) is 20.1. The maximum Gasteiger partial charge on any atom is 0.301 e. The van der Waals surface area contributed by atoms with Gasteiger partial charge in [-0.05, 0) is 63.2 Å². The zero-order chi connectivity index (χ0) is 25.3. The molecule has 8 nitrogen and oxygen atoms in total. The predicted octanol–water partition coefficient (Wildman–Crippen LogP) is 4.80. The smallest absolute Gasteiger partial charge is 0.301 e. The second kappa shape index (κ2) is 9.79. The first-order valence-corrected chi connectivity index (χ1v) is 11.8. The van der Waals surface area contributed by atoms with E-state index in [1.165, 1.54) is 30.5 Å². The molecule has 4 rings (SSSR count). The third-order valence-corrected chi connectivity index (χ3v) is 6.91. The number of ketones is 1. The van der Waals surface area contributed by atoms with Crippen LogP contribution in [0.3, 0.4) is 0 Å². The Labute approximate surface area is 207 Å². The SMILES string of the molecule is CCOc1ccc(C(O)=C2C(=O)C(=O)N(c3nc(C)c(C)s3)C2c2cc(OC)ccc2OC)cc1. The minimum Gasteiger partial charge on any atom is -0.507 e. The van der Waals surface area contributed by atoms with Gasteiger partial charge in [-0.3, -0.25) is 14.5 Å². The number of aliphatic hydroxyl groups excluding tert-OH is 1. The Kier molecular flexibility index (Phi) is 6.79. The van der Waals surface area contributed by atoms with Crippen molar-refractivity contribution < 1.29 is 28.9 Å². The van der Waals surface area contributed by atoms with E-state index in [-0.39, 0.29) is 11.3 Å². The molecular weight excluding hydrogens is 468 g/mol. The van der Waals surface area contributed by atoms with E-state index in [0.717, 1.165) is 10.6 Å². The fourth-order valence-corrected chi connectivity index (χ4v) is 4.90. The van der Waals surface area contributed by atoms with Crippen LogP contribution in [0.1, 0.15) is 34.7 Å². The molecule has 35 heavy (non-hydrogen) atoms. The van der Waals surface area contributed by atoms with E-state index < -0.39 is 17.7 Å². The molecule has 9 heteroatoms. The van der Waals surface area contributed by atoms with Crippen molar-refractivity contribution >= 4 is 33.9 Å². The Morgan fingerprint density at radius 1 is 1.06 bits per heavy atom. The number of carbonyl (C=O) groups excluding carboxylic acids is 2. The highest BCUT2D eigenvalue weighted by Gasteiger charge is 2.49. The van der Waals surface area contributed by atoms with Gasteiger partial charge in [-0.2, -0.15) is 0 Å². The standard InChI is InChI=1S/C26H26N2O6S/c1-6-34-17-9-7-16(8-10-17)23(29)21-22(19-13-18(32-4)11-12-20(19)33-5)28(25(31)24(21)30)26-27-14(2)15(3)35-26/h7-13,22,29H,6H2,1-5H3. The van der Waals surface area contributed by atoms with E-state index in [1.54, 1.807) is 42.5 Å². The number of thiazole rings is 1. The normalized spacial score (nSPS) is 17.1. The number of hydrogen-bond acceptors (Lipinski definition) is 8. The molecule has 1 aromatic heterocycles. The summed E-state index contributed by atoms with van der Waals surface area (Å²) in [4.78, 5) is 33.5. The summed E-state index contributed by atoms with van der Waals surface area (Å²) >= 11 is 1.31. The number of methoxy groups -OCH3 is 2.